The van der Waals surface area contributed by atoms with Crippen molar-refractivity contribution in [2.24, 2.45) is 5.92 Å². The van der Waals surface area contributed by atoms with E-state index in [1.54, 1.807) is 0 Å². The summed E-state index contributed by atoms with van der Waals surface area (Å²) in [5.41, 5.74) is 0. The highest BCUT2D eigenvalue weighted by molar-refractivity contribution is 5.77. The molecule has 1 saturated heterocycles. The van der Waals surface area contributed by atoms with E-state index in [9.17, 15) is 4.79 Å². The molecule has 1 amide bonds. The van der Waals surface area contributed by atoms with Gasteiger partial charge in [-0.05, 0) is 18.8 Å². The van der Waals surface area contributed by atoms with Crippen LogP contribution in [0.3, 0.4) is 0 Å². The van der Waals surface area contributed by atoms with Crippen LogP contribution in [0.15, 0.2) is 0 Å². The van der Waals surface area contributed by atoms with Crippen molar-refractivity contribution < 1.29 is 9.53 Å². The molecule has 94 valence electrons. The molecule has 4 heteroatoms. The Balaban J connectivity index is 2.21. The number of carbonyl (C=O) groups excluding carboxylic acids is 1. The average molecular weight is 228 g/mol. The highest BCUT2D eigenvalue weighted by atomic mass is 16.5. The van der Waals surface area contributed by atoms with E-state index in [-0.39, 0.29) is 5.91 Å². The zero-order chi connectivity index (χ0) is 12.0. The van der Waals surface area contributed by atoms with Gasteiger partial charge in [-0.25, -0.2) is 0 Å². The van der Waals surface area contributed by atoms with Gasteiger partial charge in [0, 0.05) is 26.2 Å². The van der Waals surface area contributed by atoms with Gasteiger partial charge in [0.2, 0.25) is 5.91 Å². The second-order valence-electron chi connectivity index (χ2n) is 4.89. The van der Waals surface area contributed by atoms with Gasteiger partial charge in [0.25, 0.3) is 0 Å². The van der Waals surface area contributed by atoms with Crippen molar-refractivity contribution in [3.8, 4) is 0 Å². The first kappa shape index (κ1) is 13.5. The van der Waals surface area contributed by atoms with Gasteiger partial charge in [-0.3, -0.25) is 4.79 Å². The molecule has 0 bridgehead atoms. The van der Waals surface area contributed by atoms with Crippen LogP contribution in [0, 0.1) is 5.92 Å². The van der Waals surface area contributed by atoms with Gasteiger partial charge < -0.3 is 15.0 Å². The molecule has 1 rings (SSSR count). The molecule has 0 saturated carbocycles. The molecule has 0 spiro atoms. The minimum absolute atomic E-state index is 0.166. The third kappa shape index (κ3) is 4.94. The SMILES string of the molecule is CC(C)NCC(=O)N(C)CC1CCCOC1. The minimum Gasteiger partial charge on any atom is -0.381 e. The third-order valence-corrected chi connectivity index (χ3v) is 2.87. The van der Waals surface area contributed by atoms with Gasteiger partial charge >= 0.3 is 0 Å². The number of rotatable bonds is 5. The Morgan fingerprint density at radius 2 is 2.31 bits per heavy atom. The number of nitrogens with zero attached hydrogens (tertiary/aromatic N) is 1. The molecule has 0 radical (unpaired) electrons. The van der Waals surface area contributed by atoms with Gasteiger partial charge in [0.15, 0.2) is 0 Å². The lowest BCUT2D eigenvalue weighted by Gasteiger charge is -2.27. The molecule has 4 nitrogen and oxygen atoms in total. The molecule has 1 atom stereocenters. The molecule has 1 aliphatic rings. The van der Waals surface area contributed by atoms with Crippen molar-refractivity contribution in [2.75, 3.05) is 33.4 Å². The third-order valence-electron chi connectivity index (χ3n) is 2.87. The van der Waals surface area contributed by atoms with Crippen molar-refractivity contribution in [1.29, 1.82) is 0 Å². The summed E-state index contributed by atoms with van der Waals surface area (Å²) < 4.78 is 5.41. The van der Waals surface area contributed by atoms with Crippen LogP contribution < -0.4 is 5.32 Å². The molecular weight excluding hydrogens is 204 g/mol. The quantitative estimate of drug-likeness (QED) is 0.759. The fraction of sp³-hybridized carbons (Fsp3) is 0.917. The number of hydrogen-bond acceptors (Lipinski definition) is 3. The second kappa shape index (κ2) is 6.86. The van der Waals surface area contributed by atoms with Gasteiger partial charge in [0.05, 0.1) is 13.2 Å². The Kier molecular flexibility index (Phi) is 5.77. The summed E-state index contributed by atoms with van der Waals surface area (Å²) in [6, 6.07) is 0.357. The average Bonchev–Trinajstić information content (AvgIpc) is 2.27. The zero-order valence-corrected chi connectivity index (χ0v) is 10.7. The number of likely N-dealkylation sites (N-methyl/N-ethyl adjacent to an activating group) is 1. The first-order chi connectivity index (χ1) is 7.59. The van der Waals surface area contributed by atoms with Crippen molar-refractivity contribution in [3.05, 3.63) is 0 Å². The predicted octanol–water partition coefficient (Wildman–Crippen LogP) is 0.869. The van der Waals surface area contributed by atoms with Gasteiger partial charge in [-0.1, -0.05) is 13.8 Å². The Hall–Kier alpha value is -0.610. The molecule has 1 unspecified atom stereocenters. The van der Waals surface area contributed by atoms with E-state index < -0.39 is 0 Å². The first-order valence-corrected chi connectivity index (χ1v) is 6.14. The van der Waals surface area contributed by atoms with Crippen molar-refractivity contribution >= 4 is 5.91 Å². The molecule has 0 aromatic heterocycles. The molecule has 1 fully saturated rings. The Labute approximate surface area is 98.3 Å². The lowest BCUT2D eigenvalue weighted by Crippen LogP contribution is -2.41. The zero-order valence-electron chi connectivity index (χ0n) is 10.7. The van der Waals surface area contributed by atoms with E-state index >= 15 is 0 Å². The molecule has 0 aliphatic carbocycles. The number of ether oxygens (including phenoxy) is 1. The van der Waals surface area contributed by atoms with Crippen LogP contribution in [0.5, 0.6) is 0 Å². The number of hydrogen-bond donors (Lipinski definition) is 1. The number of nitrogens with one attached hydrogen (secondary N) is 1. The van der Waals surface area contributed by atoms with Gasteiger partial charge in [0.1, 0.15) is 0 Å². The van der Waals surface area contributed by atoms with Crippen molar-refractivity contribution in [3.63, 3.8) is 0 Å². The van der Waals surface area contributed by atoms with Gasteiger partial charge in [-0.2, -0.15) is 0 Å². The lowest BCUT2D eigenvalue weighted by atomic mass is 10.0. The van der Waals surface area contributed by atoms with E-state index in [0.717, 1.165) is 26.2 Å². The maximum atomic E-state index is 11.7. The molecule has 1 heterocycles. The van der Waals surface area contributed by atoms with Crippen LogP contribution in [0.25, 0.3) is 0 Å². The molecule has 1 aliphatic heterocycles. The van der Waals surface area contributed by atoms with E-state index in [4.69, 9.17) is 4.74 Å². The highest BCUT2D eigenvalue weighted by Gasteiger charge is 2.18. The fourth-order valence-electron chi connectivity index (χ4n) is 1.87. The topological polar surface area (TPSA) is 41.6 Å². The van der Waals surface area contributed by atoms with Crippen LogP contribution in [0.2, 0.25) is 0 Å². The first-order valence-electron chi connectivity index (χ1n) is 6.14. The second-order valence-corrected chi connectivity index (χ2v) is 4.89. The summed E-state index contributed by atoms with van der Waals surface area (Å²) in [5.74, 6) is 0.682. The number of carbonyl (C=O) groups is 1. The minimum atomic E-state index is 0.166. The monoisotopic (exact) mass is 228 g/mol. The van der Waals surface area contributed by atoms with Crippen molar-refractivity contribution in [1.82, 2.24) is 10.2 Å². The summed E-state index contributed by atoms with van der Waals surface area (Å²) in [7, 11) is 1.87. The van der Waals surface area contributed by atoms with Crippen molar-refractivity contribution in [2.45, 2.75) is 32.7 Å². The van der Waals surface area contributed by atoms with E-state index in [0.29, 0.717) is 18.5 Å². The van der Waals surface area contributed by atoms with E-state index in [1.165, 1.54) is 6.42 Å². The van der Waals surface area contributed by atoms with Crippen LogP contribution in [0.1, 0.15) is 26.7 Å². The van der Waals surface area contributed by atoms with Crippen LogP contribution in [0.4, 0.5) is 0 Å². The molecule has 1 N–H and O–H groups in total. The lowest BCUT2D eigenvalue weighted by molar-refractivity contribution is -0.130. The van der Waals surface area contributed by atoms with Crippen LogP contribution >= 0.6 is 0 Å². The summed E-state index contributed by atoms with van der Waals surface area (Å²) in [6.45, 7) is 7.02. The largest absolute Gasteiger partial charge is 0.381 e. The standard InChI is InChI=1S/C12H24N2O2/c1-10(2)13-7-12(15)14(3)8-11-5-4-6-16-9-11/h10-11,13H,4-9H2,1-3H3. The molecular formula is C12H24N2O2. The summed E-state index contributed by atoms with van der Waals surface area (Å²) >= 11 is 0. The Morgan fingerprint density at radius 1 is 1.56 bits per heavy atom. The Bertz CT molecular complexity index is 213. The summed E-state index contributed by atoms with van der Waals surface area (Å²) in [4.78, 5) is 13.6. The fourth-order valence-corrected chi connectivity index (χ4v) is 1.87. The molecule has 16 heavy (non-hydrogen) atoms. The smallest absolute Gasteiger partial charge is 0.236 e. The van der Waals surface area contributed by atoms with Crippen LogP contribution in [-0.4, -0.2) is 50.2 Å². The maximum Gasteiger partial charge on any atom is 0.236 e. The molecule has 0 aromatic rings. The van der Waals surface area contributed by atoms with E-state index in [2.05, 4.69) is 5.32 Å². The molecule has 0 aromatic carbocycles. The van der Waals surface area contributed by atoms with E-state index in [1.807, 2.05) is 25.8 Å². The van der Waals surface area contributed by atoms with Crippen LogP contribution in [-0.2, 0) is 9.53 Å². The summed E-state index contributed by atoms with van der Waals surface area (Å²) in [6.07, 6.45) is 2.30. The Morgan fingerprint density at radius 3 is 2.88 bits per heavy atom. The van der Waals surface area contributed by atoms with Gasteiger partial charge in [-0.15, -0.1) is 0 Å². The highest BCUT2D eigenvalue weighted by Crippen LogP contribution is 2.14. The number of amides is 1. The normalized spacial score (nSPS) is 21.1. The summed E-state index contributed by atoms with van der Waals surface area (Å²) in [5, 5.41) is 3.14. The predicted molar refractivity (Wildman–Crippen MR) is 64.3 cm³/mol. The maximum absolute atomic E-state index is 11.7.